The minimum absolute atomic E-state index is 0.0618. The van der Waals surface area contributed by atoms with Crippen LogP contribution >= 0.6 is 23.4 Å². The molecule has 2 aromatic rings. The number of hydrogen-bond donors (Lipinski definition) is 1. The molecule has 1 aliphatic heterocycles. The molecular weight excluding hydrogens is 394 g/mol. The molecule has 0 saturated carbocycles. The highest BCUT2D eigenvalue weighted by molar-refractivity contribution is 8.14. The van der Waals surface area contributed by atoms with Gasteiger partial charge < -0.3 is 5.32 Å². The molecule has 1 heterocycles. The van der Waals surface area contributed by atoms with Crippen molar-refractivity contribution in [3.8, 4) is 0 Å². The number of carbonyl (C=O) groups excluding carboxylic acids is 2. The molecule has 5 nitrogen and oxygen atoms in total. The van der Waals surface area contributed by atoms with E-state index in [1.54, 1.807) is 18.2 Å². The fraction of sp³-hybridized carbons (Fsp3) is 0.286. The van der Waals surface area contributed by atoms with Gasteiger partial charge in [-0.25, -0.2) is 0 Å². The third kappa shape index (κ3) is 4.75. The van der Waals surface area contributed by atoms with E-state index in [4.69, 9.17) is 11.6 Å². The zero-order valence-electron chi connectivity index (χ0n) is 15.8. The third-order valence-corrected chi connectivity index (χ3v) is 5.89. The van der Waals surface area contributed by atoms with Crippen LogP contribution in [0.15, 0.2) is 53.5 Å². The summed E-state index contributed by atoms with van der Waals surface area (Å²) in [4.78, 5) is 30.3. The van der Waals surface area contributed by atoms with Gasteiger partial charge in [0, 0.05) is 5.69 Å². The topological polar surface area (TPSA) is 61.8 Å². The summed E-state index contributed by atoms with van der Waals surface area (Å²) >= 11 is 7.44. The molecule has 0 unspecified atom stereocenters. The SMILES string of the molecule is CC[C@@H](C)c1ccc(NC(=O)CSC2=NCC(=O)N2c2ccccc2Cl)cc1. The lowest BCUT2D eigenvalue weighted by Gasteiger charge is -2.19. The number of halogens is 1. The van der Waals surface area contributed by atoms with Gasteiger partial charge in [0.15, 0.2) is 5.17 Å². The maximum absolute atomic E-state index is 12.3. The zero-order chi connectivity index (χ0) is 20.1. The molecule has 3 rings (SSSR count). The molecule has 1 atom stereocenters. The van der Waals surface area contributed by atoms with Gasteiger partial charge in [-0.15, -0.1) is 0 Å². The van der Waals surface area contributed by atoms with Crippen molar-refractivity contribution in [1.82, 2.24) is 0 Å². The Morgan fingerprint density at radius 2 is 1.96 bits per heavy atom. The fourth-order valence-electron chi connectivity index (χ4n) is 2.82. The largest absolute Gasteiger partial charge is 0.325 e. The molecule has 0 aromatic heterocycles. The molecule has 0 radical (unpaired) electrons. The van der Waals surface area contributed by atoms with Crippen molar-refractivity contribution in [2.75, 3.05) is 22.5 Å². The van der Waals surface area contributed by atoms with E-state index in [0.29, 0.717) is 21.8 Å². The third-order valence-electron chi connectivity index (χ3n) is 4.59. The van der Waals surface area contributed by atoms with Crippen LogP contribution in [0.5, 0.6) is 0 Å². The molecule has 0 bridgehead atoms. The summed E-state index contributed by atoms with van der Waals surface area (Å²) in [5.74, 6) is 0.341. The summed E-state index contributed by atoms with van der Waals surface area (Å²) in [5, 5.41) is 3.84. The van der Waals surface area contributed by atoms with Gasteiger partial charge in [-0.05, 0) is 42.2 Å². The first-order valence-electron chi connectivity index (χ1n) is 9.14. The Hall–Kier alpha value is -2.31. The molecule has 146 valence electrons. The van der Waals surface area contributed by atoms with Crippen molar-refractivity contribution < 1.29 is 9.59 Å². The first-order chi connectivity index (χ1) is 13.5. The minimum Gasteiger partial charge on any atom is -0.325 e. The van der Waals surface area contributed by atoms with Gasteiger partial charge in [0.1, 0.15) is 6.54 Å². The molecular formula is C21H22ClN3O2S. The predicted molar refractivity (Wildman–Crippen MR) is 117 cm³/mol. The van der Waals surface area contributed by atoms with E-state index in [9.17, 15) is 9.59 Å². The smallest absolute Gasteiger partial charge is 0.254 e. The highest BCUT2D eigenvalue weighted by Gasteiger charge is 2.29. The Morgan fingerprint density at radius 1 is 1.25 bits per heavy atom. The van der Waals surface area contributed by atoms with Crippen LogP contribution in [0.4, 0.5) is 11.4 Å². The number of amides is 2. The van der Waals surface area contributed by atoms with E-state index in [0.717, 1.165) is 12.1 Å². The average Bonchev–Trinajstić information content (AvgIpc) is 3.07. The summed E-state index contributed by atoms with van der Waals surface area (Å²) in [6, 6.07) is 15.0. The maximum Gasteiger partial charge on any atom is 0.254 e. The van der Waals surface area contributed by atoms with Crippen LogP contribution in [0.2, 0.25) is 5.02 Å². The molecule has 0 fully saturated rings. The van der Waals surface area contributed by atoms with Gasteiger partial charge in [0.2, 0.25) is 5.91 Å². The Balaban J connectivity index is 1.59. The van der Waals surface area contributed by atoms with Crippen LogP contribution in [0.3, 0.4) is 0 Å². The highest BCUT2D eigenvalue weighted by Crippen LogP contribution is 2.30. The van der Waals surface area contributed by atoms with E-state index in [1.807, 2.05) is 30.3 Å². The van der Waals surface area contributed by atoms with Crippen LogP contribution in [0.25, 0.3) is 0 Å². The second-order valence-electron chi connectivity index (χ2n) is 6.55. The molecule has 1 aliphatic rings. The predicted octanol–water partition coefficient (Wildman–Crippen LogP) is 4.93. The maximum atomic E-state index is 12.3. The van der Waals surface area contributed by atoms with E-state index in [2.05, 4.69) is 24.2 Å². The molecule has 28 heavy (non-hydrogen) atoms. The van der Waals surface area contributed by atoms with E-state index < -0.39 is 0 Å². The van der Waals surface area contributed by atoms with Crippen molar-refractivity contribution >= 4 is 51.7 Å². The number of thioether (sulfide) groups is 1. The average molecular weight is 416 g/mol. The quantitative estimate of drug-likeness (QED) is 0.727. The normalized spacial score (nSPS) is 14.8. The number of hydrogen-bond acceptors (Lipinski definition) is 4. The van der Waals surface area contributed by atoms with Gasteiger partial charge >= 0.3 is 0 Å². The number of benzene rings is 2. The molecule has 2 amide bonds. The number of carbonyl (C=O) groups is 2. The van der Waals surface area contributed by atoms with Gasteiger partial charge in [-0.2, -0.15) is 0 Å². The molecule has 7 heteroatoms. The lowest BCUT2D eigenvalue weighted by molar-refractivity contribution is -0.116. The van der Waals surface area contributed by atoms with Crippen molar-refractivity contribution in [3.63, 3.8) is 0 Å². The summed E-state index contributed by atoms with van der Waals surface area (Å²) in [7, 11) is 0. The van der Waals surface area contributed by atoms with E-state index in [-0.39, 0.29) is 24.1 Å². The van der Waals surface area contributed by atoms with Crippen LogP contribution in [0.1, 0.15) is 31.7 Å². The van der Waals surface area contributed by atoms with Crippen LogP contribution in [-0.2, 0) is 9.59 Å². The number of para-hydroxylation sites is 1. The number of amidine groups is 1. The van der Waals surface area contributed by atoms with Crippen molar-refractivity contribution in [2.45, 2.75) is 26.2 Å². The van der Waals surface area contributed by atoms with Crippen molar-refractivity contribution in [1.29, 1.82) is 0 Å². The number of anilines is 2. The summed E-state index contributed by atoms with van der Waals surface area (Å²) in [6.45, 7) is 4.39. The lowest BCUT2D eigenvalue weighted by atomic mass is 9.99. The van der Waals surface area contributed by atoms with Gasteiger partial charge in [-0.3, -0.25) is 19.5 Å². The first kappa shape index (κ1) is 20.4. The second-order valence-corrected chi connectivity index (χ2v) is 7.90. The summed E-state index contributed by atoms with van der Waals surface area (Å²) < 4.78 is 0. The van der Waals surface area contributed by atoms with Gasteiger partial charge in [0.05, 0.1) is 16.5 Å². The van der Waals surface area contributed by atoms with Crippen LogP contribution in [-0.4, -0.2) is 29.3 Å². The molecule has 0 saturated heterocycles. The second kappa shape index (κ2) is 9.26. The van der Waals surface area contributed by atoms with Gasteiger partial charge in [-0.1, -0.05) is 61.5 Å². The van der Waals surface area contributed by atoms with E-state index in [1.165, 1.54) is 22.2 Å². The van der Waals surface area contributed by atoms with Crippen LogP contribution in [0, 0.1) is 0 Å². The summed E-state index contributed by atoms with van der Waals surface area (Å²) in [6.07, 6.45) is 1.07. The Morgan fingerprint density at radius 3 is 2.64 bits per heavy atom. The standard InChI is InChI=1S/C21H22ClN3O2S/c1-3-14(2)15-8-10-16(11-9-15)24-19(26)13-28-21-23-12-20(27)25(21)18-7-5-4-6-17(18)22/h4-11,14H,3,12-13H2,1-2H3,(H,24,26)/t14-/m1/s1. The lowest BCUT2D eigenvalue weighted by Crippen LogP contribution is -2.31. The Bertz CT molecular complexity index is 899. The minimum atomic E-state index is -0.156. The Kier molecular flexibility index (Phi) is 6.75. The number of rotatable bonds is 6. The number of aliphatic imine (C=N–C) groups is 1. The molecule has 2 aromatic carbocycles. The van der Waals surface area contributed by atoms with E-state index >= 15 is 0 Å². The fourth-order valence-corrected chi connectivity index (χ4v) is 3.86. The number of nitrogens with zero attached hydrogens (tertiary/aromatic N) is 2. The molecule has 0 spiro atoms. The molecule has 1 N–H and O–H groups in total. The number of nitrogens with one attached hydrogen (secondary N) is 1. The monoisotopic (exact) mass is 415 g/mol. The highest BCUT2D eigenvalue weighted by atomic mass is 35.5. The van der Waals surface area contributed by atoms with Gasteiger partial charge in [0.25, 0.3) is 5.91 Å². The summed E-state index contributed by atoms with van der Waals surface area (Å²) in [5.41, 5.74) is 2.59. The van der Waals surface area contributed by atoms with Crippen molar-refractivity contribution in [2.24, 2.45) is 4.99 Å². The first-order valence-corrected chi connectivity index (χ1v) is 10.5. The van der Waals surface area contributed by atoms with Crippen LogP contribution < -0.4 is 10.2 Å². The molecule has 0 aliphatic carbocycles. The zero-order valence-corrected chi connectivity index (χ0v) is 17.4. The Labute approximate surface area is 174 Å². The van der Waals surface area contributed by atoms with Crippen molar-refractivity contribution in [3.05, 3.63) is 59.1 Å².